The molecule has 1 saturated heterocycles. The standard InChI is InChI=1S/C17H19N5O2/c1-11-17(12(2)20(3)19-11)15-5-4-8-21(15)14-7-6-13(10-18)9-16(14)22(23)24/h6-7,9,15H,4-5,8H2,1-3H3/t15-/m0/s1. The number of hydrogen-bond acceptors (Lipinski definition) is 5. The Morgan fingerprint density at radius 1 is 1.42 bits per heavy atom. The van der Waals surface area contributed by atoms with Crippen molar-refractivity contribution in [2.75, 3.05) is 11.4 Å². The summed E-state index contributed by atoms with van der Waals surface area (Å²) in [7, 11) is 1.91. The van der Waals surface area contributed by atoms with Gasteiger partial charge in [0.25, 0.3) is 5.69 Å². The maximum absolute atomic E-state index is 11.5. The first-order chi connectivity index (χ1) is 11.4. The normalized spacial score (nSPS) is 17.1. The first-order valence-electron chi connectivity index (χ1n) is 7.89. The summed E-state index contributed by atoms with van der Waals surface area (Å²) in [4.78, 5) is 13.2. The van der Waals surface area contributed by atoms with E-state index in [0.717, 1.165) is 36.3 Å². The summed E-state index contributed by atoms with van der Waals surface area (Å²) in [5, 5.41) is 25.0. The molecular formula is C17H19N5O2. The maximum Gasteiger partial charge on any atom is 0.293 e. The van der Waals surface area contributed by atoms with Gasteiger partial charge in [-0.25, -0.2) is 0 Å². The molecule has 0 spiro atoms. The molecule has 2 aromatic rings. The van der Waals surface area contributed by atoms with E-state index in [-0.39, 0.29) is 11.7 Å². The Bertz CT molecular complexity index is 849. The molecule has 0 bridgehead atoms. The van der Waals surface area contributed by atoms with Crippen molar-refractivity contribution >= 4 is 11.4 Å². The van der Waals surface area contributed by atoms with E-state index in [1.165, 1.54) is 6.07 Å². The van der Waals surface area contributed by atoms with Crippen LogP contribution in [-0.4, -0.2) is 21.2 Å². The van der Waals surface area contributed by atoms with E-state index in [4.69, 9.17) is 5.26 Å². The fourth-order valence-electron chi connectivity index (χ4n) is 3.61. The van der Waals surface area contributed by atoms with Crippen molar-refractivity contribution in [1.29, 1.82) is 5.26 Å². The van der Waals surface area contributed by atoms with Crippen molar-refractivity contribution in [3.8, 4) is 6.07 Å². The van der Waals surface area contributed by atoms with E-state index in [0.29, 0.717) is 11.3 Å². The number of nitro groups is 1. The van der Waals surface area contributed by atoms with Crippen molar-refractivity contribution < 1.29 is 4.92 Å². The highest BCUT2D eigenvalue weighted by molar-refractivity contribution is 5.67. The van der Waals surface area contributed by atoms with Crippen molar-refractivity contribution in [2.24, 2.45) is 7.05 Å². The van der Waals surface area contributed by atoms with E-state index < -0.39 is 4.92 Å². The minimum Gasteiger partial charge on any atom is -0.359 e. The zero-order valence-electron chi connectivity index (χ0n) is 14.0. The number of nitrogens with zero attached hydrogens (tertiary/aromatic N) is 5. The van der Waals surface area contributed by atoms with Crippen molar-refractivity contribution in [3.63, 3.8) is 0 Å². The fraction of sp³-hybridized carbons (Fsp3) is 0.412. The summed E-state index contributed by atoms with van der Waals surface area (Å²) in [5.74, 6) is 0. The molecule has 2 heterocycles. The van der Waals surface area contributed by atoms with Crippen LogP contribution in [-0.2, 0) is 7.05 Å². The van der Waals surface area contributed by atoms with Crippen LogP contribution in [0.1, 0.15) is 41.4 Å². The highest BCUT2D eigenvalue weighted by Gasteiger charge is 2.34. The van der Waals surface area contributed by atoms with Crippen LogP contribution in [0, 0.1) is 35.3 Å². The zero-order chi connectivity index (χ0) is 17.4. The number of rotatable bonds is 3. The molecule has 7 heteroatoms. The number of anilines is 1. The SMILES string of the molecule is Cc1nn(C)c(C)c1[C@@H]1CCCN1c1ccc(C#N)cc1[N+](=O)[O-]. The topological polar surface area (TPSA) is 88.0 Å². The first-order valence-corrected chi connectivity index (χ1v) is 7.89. The molecule has 0 radical (unpaired) electrons. The predicted octanol–water partition coefficient (Wildman–Crippen LogP) is 3.16. The lowest BCUT2D eigenvalue weighted by Gasteiger charge is -2.27. The van der Waals surface area contributed by atoms with E-state index in [2.05, 4.69) is 10.00 Å². The van der Waals surface area contributed by atoms with Crippen LogP contribution in [0.3, 0.4) is 0 Å². The number of nitriles is 1. The first kappa shape index (κ1) is 16.0. The van der Waals surface area contributed by atoms with E-state index in [1.54, 1.807) is 12.1 Å². The Labute approximate surface area is 140 Å². The fourth-order valence-corrected chi connectivity index (χ4v) is 3.61. The summed E-state index contributed by atoms with van der Waals surface area (Å²) in [6, 6.07) is 6.73. The van der Waals surface area contributed by atoms with Crippen LogP contribution < -0.4 is 4.90 Å². The average Bonchev–Trinajstić information content (AvgIpc) is 3.11. The van der Waals surface area contributed by atoms with Gasteiger partial charge in [0.05, 0.1) is 28.3 Å². The van der Waals surface area contributed by atoms with Gasteiger partial charge in [0.15, 0.2) is 0 Å². The van der Waals surface area contributed by atoms with Gasteiger partial charge in [0.2, 0.25) is 0 Å². The third kappa shape index (κ3) is 2.50. The minimum absolute atomic E-state index is 0.0138. The lowest BCUT2D eigenvalue weighted by molar-refractivity contribution is -0.384. The van der Waals surface area contributed by atoms with Crippen LogP contribution in [0.25, 0.3) is 0 Å². The highest BCUT2D eigenvalue weighted by Crippen LogP contribution is 2.42. The average molecular weight is 325 g/mol. The molecule has 24 heavy (non-hydrogen) atoms. The Morgan fingerprint density at radius 3 is 2.75 bits per heavy atom. The number of aromatic nitrogens is 2. The Hall–Kier alpha value is -2.88. The van der Waals surface area contributed by atoms with Crippen LogP contribution in [0.4, 0.5) is 11.4 Å². The second-order valence-electron chi connectivity index (χ2n) is 6.13. The molecule has 124 valence electrons. The molecule has 1 atom stereocenters. The van der Waals surface area contributed by atoms with Crippen molar-refractivity contribution in [1.82, 2.24) is 9.78 Å². The molecule has 0 aliphatic carbocycles. The molecule has 1 aliphatic heterocycles. The van der Waals surface area contributed by atoms with E-state index >= 15 is 0 Å². The maximum atomic E-state index is 11.5. The van der Waals surface area contributed by atoms with E-state index in [9.17, 15) is 10.1 Å². The monoisotopic (exact) mass is 325 g/mol. The summed E-state index contributed by atoms with van der Waals surface area (Å²) in [6.07, 6.45) is 1.90. The van der Waals surface area contributed by atoms with Crippen LogP contribution in [0.15, 0.2) is 18.2 Å². The Balaban J connectivity index is 2.09. The van der Waals surface area contributed by atoms with Crippen LogP contribution >= 0.6 is 0 Å². The molecule has 1 aromatic carbocycles. The van der Waals surface area contributed by atoms with Crippen LogP contribution in [0.5, 0.6) is 0 Å². The Morgan fingerprint density at radius 2 is 2.17 bits per heavy atom. The predicted molar refractivity (Wildman–Crippen MR) is 89.8 cm³/mol. The van der Waals surface area contributed by atoms with Crippen molar-refractivity contribution in [3.05, 3.63) is 50.8 Å². The molecule has 0 unspecified atom stereocenters. The Kier molecular flexibility index (Phi) is 3.97. The molecule has 0 N–H and O–H groups in total. The van der Waals surface area contributed by atoms with Gasteiger partial charge in [-0.05, 0) is 38.8 Å². The molecule has 1 fully saturated rings. The number of nitro benzene ring substituents is 1. The molecule has 3 rings (SSSR count). The zero-order valence-corrected chi connectivity index (χ0v) is 14.0. The van der Waals surface area contributed by atoms with Gasteiger partial charge < -0.3 is 4.90 Å². The number of hydrogen-bond donors (Lipinski definition) is 0. The third-order valence-corrected chi connectivity index (χ3v) is 4.76. The lowest BCUT2D eigenvalue weighted by atomic mass is 10.0. The van der Waals surface area contributed by atoms with Gasteiger partial charge in [-0.2, -0.15) is 10.4 Å². The van der Waals surface area contributed by atoms with Gasteiger partial charge in [-0.1, -0.05) is 0 Å². The smallest absolute Gasteiger partial charge is 0.293 e. The molecule has 7 nitrogen and oxygen atoms in total. The third-order valence-electron chi connectivity index (χ3n) is 4.76. The molecule has 1 aromatic heterocycles. The summed E-state index contributed by atoms with van der Waals surface area (Å²) < 4.78 is 1.86. The summed E-state index contributed by atoms with van der Waals surface area (Å²) >= 11 is 0. The second-order valence-corrected chi connectivity index (χ2v) is 6.13. The number of aryl methyl sites for hydroxylation is 2. The molecule has 0 saturated carbocycles. The molecule has 1 aliphatic rings. The lowest BCUT2D eigenvalue weighted by Crippen LogP contribution is -2.24. The van der Waals surface area contributed by atoms with Gasteiger partial charge in [-0.3, -0.25) is 14.8 Å². The largest absolute Gasteiger partial charge is 0.359 e. The second kappa shape index (κ2) is 5.96. The summed E-state index contributed by atoms with van der Waals surface area (Å²) in [6.45, 7) is 4.76. The van der Waals surface area contributed by atoms with Gasteiger partial charge >= 0.3 is 0 Å². The van der Waals surface area contributed by atoms with Gasteiger partial charge in [-0.15, -0.1) is 0 Å². The van der Waals surface area contributed by atoms with Gasteiger partial charge in [0.1, 0.15) is 5.69 Å². The highest BCUT2D eigenvalue weighted by atomic mass is 16.6. The molecular weight excluding hydrogens is 306 g/mol. The van der Waals surface area contributed by atoms with Crippen molar-refractivity contribution in [2.45, 2.75) is 32.7 Å². The minimum atomic E-state index is -0.408. The van der Waals surface area contributed by atoms with Gasteiger partial charge in [0, 0.05) is 30.9 Å². The van der Waals surface area contributed by atoms with Crippen LogP contribution in [0.2, 0.25) is 0 Å². The summed E-state index contributed by atoms with van der Waals surface area (Å²) in [5.41, 5.74) is 4.05. The quantitative estimate of drug-likeness (QED) is 0.639. The van der Waals surface area contributed by atoms with E-state index in [1.807, 2.05) is 31.6 Å². The molecule has 0 amide bonds. The number of benzene rings is 1.